The smallest absolute Gasteiger partial charge is 0.109 e. The van der Waals surface area contributed by atoms with Crippen LogP contribution in [0.15, 0.2) is 41.6 Å². The fourth-order valence-electron chi connectivity index (χ4n) is 1.79. The Morgan fingerprint density at radius 3 is 2.68 bits per heavy atom. The average Bonchev–Trinajstić information content (AvgIpc) is 2.82. The van der Waals surface area contributed by atoms with Gasteiger partial charge in [0.1, 0.15) is 5.82 Å². The highest BCUT2D eigenvalue weighted by Gasteiger charge is 2.10. The van der Waals surface area contributed by atoms with Crippen molar-refractivity contribution >= 4 is 23.4 Å². The van der Waals surface area contributed by atoms with Gasteiger partial charge in [-0.25, -0.2) is 4.98 Å². The zero-order valence-corrected chi connectivity index (χ0v) is 12.7. The molecule has 0 spiro atoms. The van der Waals surface area contributed by atoms with Crippen molar-refractivity contribution in [2.75, 3.05) is 12.8 Å². The Balaban J connectivity index is 1.89. The predicted octanol–water partition coefficient (Wildman–Crippen LogP) is 3.00. The molecule has 0 aliphatic carbocycles. The van der Waals surface area contributed by atoms with E-state index < -0.39 is 0 Å². The Bertz CT molecular complexity index is 510. The maximum atomic E-state index is 5.88. The highest BCUT2D eigenvalue weighted by molar-refractivity contribution is 7.99. The molecule has 19 heavy (non-hydrogen) atoms. The molecule has 2 aromatic rings. The molecule has 1 N–H and O–H groups in total. The predicted molar refractivity (Wildman–Crippen MR) is 81.9 cm³/mol. The summed E-state index contributed by atoms with van der Waals surface area (Å²) < 4.78 is 2.07. The van der Waals surface area contributed by atoms with Crippen LogP contribution in [0.2, 0.25) is 5.02 Å². The summed E-state index contributed by atoms with van der Waals surface area (Å²) in [5, 5.41) is 4.13. The second-order valence-corrected chi connectivity index (χ2v) is 5.94. The van der Waals surface area contributed by atoms with Crippen LogP contribution in [0.1, 0.15) is 5.82 Å². The molecule has 0 aliphatic rings. The maximum Gasteiger partial charge on any atom is 0.109 e. The fourth-order valence-corrected chi connectivity index (χ4v) is 2.92. The molecule has 0 saturated heterocycles. The van der Waals surface area contributed by atoms with Gasteiger partial charge in [-0.1, -0.05) is 11.6 Å². The molecule has 1 atom stereocenters. The molecule has 3 nitrogen and oxygen atoms in total. The van der Waals surface area contributed by atoms with Gasteiger partial charge >= 0.3 is 0 Å². The van der Waals surface area contributed by atoms with Gasteiger partial charge in [0.05, 0.1) is 0 Å². The summed E-state index contributed by atoms with van der Waals surface area (Å²) in [4.78, 5) is 5.61. The molecule has 1 heterocycles. The highest BCUT2D eigenvalue weighted by atomic mass is 35.5. The van der Waals surface area contributed by atoms with Gasteiger partial charge in [-0.3, -0.25) is 0 Å². The third-order valence-electron chi connectivity index (χ3n) is 3.02. The molecule has 0 bridgehead atoms. The van der Waals surface area contributed by atoms with Gasteiger partial charge in [-0.05, 0) is 31.3 Å². The first-order valence-corrected chi connectivity index (χ1v) is 7.57. The molecule has 102 valence electrons. The zero-order valence-electron chi connectivity index (χ0n) is 11.1. The number of hydrogen-bond acceptors (Lipinski definition) is 3. The number of hydrogen-bond donors (Lipinski definition) is 1. The minimum absolute atomic E-state index is 0.404. The average molecular weight is 296 g/mol. The number of imidazole rings is 1. The lowest BCUT2D eigenvalue weighted by atomic mass is 10.2. The Morgan fingerprint density at radius 2 is 2.11 bits per heavy atom. The van der Waals surface area contributed by atoms with Gasteiger partial charge in [0.2, 0.25) is 0 Å². The van der Waals surface area contributed by atoms with Crippen LogP contribution in [0.3, 0.4) is 0 Å². The number of nitrogens with zero attached hydrogens (tertiary/aromatic N) is 2. The minimum atomic E-state index is 0.404. The molecule has 0 aliphatic heterocycles. The first kappa shape index (κ1) is 14.4. The zero-order chi connectivity index (χ0) is 13.7. The molecule has 0 radical (unpaired) electrons. The SMILES string of the molecule is CNC(CSc1ccc(Cl)cc1)Cc1nccn1C. The number of halogens is 1. The van der Waals surface area contributed by atoms with Crippen LogP contribution in [0.25, 0.3) is 0 Å². The van der Waals surface area contributed by atoms with E-state index in [9.17, 15) is 0 Å². The van der Waals surface area contributed by atoms with Crippen LogP contribution in [0, 0.1) is 0 Å². The summed E-state index contributed by atoms with van der Waals surface area (Å²) in [6.07, 6.45) is 4.75. The maximum absolute atomic E-state index is 5.88. The lowest BCUT2D eigenvalue weighted by molar-refractivity contribution is 0.586. The van der Waals surface area contributed by atoms with Crippen molar-refractivity contribution in [3.63, 3.8) is 0 Å². The minimum Gasteiger partial charge on any atom is -0.338 e. The number of thioether (sulfide) groups is 1. The van der Waals surface area contributed by atoms with E-state index in [0.29, 0.717) is 6.04 Å². The summed E-state index contributed by atoms with van der Waals surface area (Å²) in [6.45, 7) is 0. The monoisotopic (exact) mass is 295 g/mol. The van der Waals surface area contributed by atoms with E-state index in [1.807, 2.05) is 50.4 Å². The van der Waals surface area contributed by atoms with Gasteiger partial charge in [0, 0.05) is 47.6 Å². The molecule has 0 amide bonds. The second-order valence-electron chi connectivity index (χ2n) is 4.41. The summed E-state index contributed by atoms with van der Waals surface area (Å²) in [5.41, 5.74) is 0. The van der Waals surface area contributed by atoms with E-state index in [-0.39, 0.29) is 0 Å². The summed E-state index contributed by atoms with van der Waals surface area (Å²) >= 11 is 7.71. The fraction of sp³-hybridized carbons (Fsp3) is 0.357. The first-order chi connectivity index (χ1) is 9.19. The van der Waals surface area contributed by atoms with Crippen molar-refractivity contribution in [3.05, 3.63) is 47.5 Å². The number of nitrogens with one attached hydrogen (secondary N) is 1. The molecule has 0 saturated carbocycles. The summed E-state index contributed by atoms with van der Waals surface area (Å²) in [5.74, 6) is 2.11. The largest absolute Gasteiger partial charge is 0.338 e. The Kier molecular flexibility index (Phi) is 5.31. The van der Waals surface area contributed by atoms with E-state index in [0.717, 1.165) is 23.0 Å². The summed E-state index contributed by atoms with van der Waals surface area (Å²) in [7, 11) is 4.03. The molecule has 0 fully saturated rings. The van der Waals surface area contributed by atoms with E-state index in [1.165, 1.54) is 4.90 Å². The lowest BCUT2D eigenvalue weighted by Gasteiger charge is -2.15. The Morgan fingerprint density at radius 1 is 1.37 bits per heavy atom. The molecule has 1 aromatic heterocycles. The molecular formula is C14H18ClN3S. The van der Waals surface area contributed by atoms with E-state index in [4.69, 9.17) is 11.6 Å². The highest BCUT2D eigenvalue weighted by Crippen LogP contribution is 2.21. The van der Waals surface area contributed by atoms with Crippen molar-refractivity contribution in [1.82, 2.24) is 14.9 Å². The topological polar surface area (TPSA) is 29.9 Å². The quantitative estimate of drug-likeness (QED) is 0.831. The number of aryl methyl sites for hydroxylation is 1. The van der Waals surface area contributed by atoms with Crippen LogP contribution in [-0.2, 0) is 13.5 Å². The van der Waals surface area contributed by atoms with Gasteiger partial charge < -0.3 is 9.88 Å². The van der Waals surface area contributed by atoms with Crippen LogP contribution in [-0.4, -0.2) is 28.4 Å². The van der Waals surface area contributed by atoms with Gasteiger partial charge in [0.25, 0.3) is 0 Å². The van der Waals surface area contributed by atoms with Crippen LogP contribution in [0.5, 0.6) is 0 Å². The second kappa shape index (κ2) is 6.98. The number of likely N-dealkylation sites (N-methyl/N-ethyl adjacent to an activating group) is 1. The van der Waals surface area contributed by atoms with Crippen molar-refractivity contribution in [1.29, 1.82) is 0 Å². The molecule has 1 aromatic carbocycles. The standard InChI is InChI=1S/C14H18ClN3S/c1-16-12(9-14-17-7-8-18(14)2)10-19-13-5-3-11(15)4-6-13/h3-8,12,16H,9-10H2,1-2H3. The van der Waals surface area contributed by atoms with E-state index in [1.54, 1.807) is 0 Å². The normalized spacial score (nSPS) is 12.6. The molecule has 5 heteroatoms. The number of aromatic nitrogens is 2. The van der Waals surface area contributed by atoms with Crippen LogP contribution < -0.4 is 5.32 Å². The Labute approximate surface area is 123 Å². The number of rotatable bonds is 6. The van der Waals surface area contributed by atoms with E-state index >= 15 is 0 Å². The summed E-state index contributed by atoms with van der Waals surface area (Å²) in [6, 6.07) is 8.37. The van der Waals surface area contributed by atoms with Crippen LogP contribution >= 0.6 is 23.4 Å². The van der Waals surface area contributed by atoms with Crippen molar-refractivity contribution in [3.8, 4) is 0 Å². The Hall–Kier alpha value is -0.970. The molecule has 2 rings (SSSR count). The van der Waals surface area contributed by atoms with Crippen LogP contribution in [0.4, 0.5) is 0 Å². The van der Waals surface area contributed by atoms with E-state index in [2.05, 4.69) is 27.0 Å². The van der Waals surface area contributed by atoms with Gasteiger partial charge in [-0.2, -0.15) is 0 Å². The molecule has 1 unspecified atom stereocenters. The number of benzene rings is 1. The van der Waals surface area contributed by atoms with Gasteiger partial charge in [-0.15, -0.1) is 11.8 Å². The van der Waals surface area contributed by atoms with Crippen molar-refractivity contribution < 1.29 is 0 Å². The van der Waals surface area contributed by atoms with Gasteiger partial charge in [0.15, 0.2) is 0 Å². The van der Waals surface area contributed by atoms with Crippen molar-refractivity contribution in [2.45, 2.75) is 17.4 Å². The third kappa shape index (κ3) is 4.27. The molecular weight excluding hydrogens is 278 g/mol. The van der Waals surface area contributed by atoms with Crippen molar-refractivity contribution in [2.24, 2.45) is 7.05 Å². The lowest BCUT2D eigenvalue weighted by Crippen LogP contribution is -2.31. The third-order valence-corrected chi connectivity index (χ3v) is 4.45. The first-order valence-electron chi connectivity index (χ1n) is 6.21.